The molecule has 24 heavy (non-hydrogen) atoms. The largest absolute Gasteiger partial charge is 0.357 e. The summed E-state index contributed by atoms with van der Waals surface area (Å²) in [5.41, 5.74) is 2.51. The zero-order chi connectivity index (χ0) is 17.6. The van der Waals surface area contributed by atoms with Gasteiger partial charge < -0.3 is 10.6 Å². The van der Waals surface area contributed by atoms with Gasteiger partial charge in [-0.2, -0.15) is 11.3 Å². The molecule has 6 heteroatoms. The number of nitrogens with one attached hydrogen (secondary N) is 2. The Morgan fingerprint density at radius 2 is 2.08 bits per heavy atom. The van der Waals surface area contributed by atoms with Crippen LogP contribution in [0.15, 0.2) is 27.2 Å². The molecule has 0 saturated carbocycles. The molecule has 0 bridgehead atoms. The maximum Gasteiger partial charge on any atom is 0.191 e. The van der Waals surface area contributed by atoms with E-state index in [1.807, 2.05) is 0 Å². The quantitative estimate of drug-likeness (QED) is 0.591. The van der Waals surface area contributed by atoms with E-state index in [1.54, 1.807) is 22.7 Å². The molecule has 2 rings (SSSR count). The van der Waals surface area contributed by atoms with Gasteiger partial charge in [0.05, 0.1) is 17.2 Å². The lowest BCUT2D eigenvalue weighted by Crippen LogP contribution is -2.39. The average Bonchev–Trinajstić information content (AvgIpc) is 3.20. The third-order valence-corrected chi connectivity index (χ3v) is 5.64. The Balaban J connectivity index is 1.94. The number of thiophene rings is 1. The first-order valence-electron chi connectivity index (χ1n) is 8.39. The second-order valence-corrected chi connectivity index (χ2v) is 8.57. The number of hydrogen-bond donors (Lipinski definition) is 2. The number of aromatic nitrogens is 1. The summed E-state index contributed by atoms with van der Waals surface area (Å²) in [4.78, 5) is 9.38. The van der Waals surface area contributed by atoms with E-state index in [2.05, 4.69) is 72.5 Å². The lowest BCUT2D eigenvalue weighted by Gasteiger charge is -2.15. The fraction of sp³-hybridized carbons (Fsp3) is 0.556. The van der Waals surface area contributed by atoms with Crippen LogP contribution in [0.25, 0.3) is 0 Å². The van der Waals surface area contributed by atoms with Crippen LogP contribution in [-0.2, 0) is 12.0 Å². The Kier molecular flexibility index (Phi) is 6.80. The van der Waals surface area contributed by atoms with Crippen molar-refractivity contribution in [3.63, 3.8) is 0 Å². The Bertz CT molecular complexity index is 638. The molecule has 0 fully saturated rings. The van der Waals surface area contributed by atoms with Gasteiger partial charge in [-0.15, -0.1) is 11.3 Å². The summed E-state index contributed by atoms with van der Waals surface area (Å²) in [5, 5.41) is 14.4. The minimum atomic E-state index is 0.103. The van der Waals surface area contributed by atoms with E-state index in [1.165, 1.54) is 5.56 Å². The fourth-order valence-corrected chi connectivity index (χ4v) is 3.83. The van der Waals surface area contributed by atoms with Crippen LogP contribution in [0.4, 0.5) is 0 Å². The Hall–Kier alpha value is -1.40. The normalized spacial score (nSPS) is 13.8. The SMILES string of the molecule is CCNC(=NCc1csc(C(C)(C)C)n1)NCC(C)c1ccsc1. The highest BCUT2D eigenvalue weighted by Gasteiger charge is 2.17. The van der Waals surface area contributed by atoms with Gasteiger partial charge in [0, 0.05) is 23.9 Å². The summed E-state index contributed by atoms with van der Waals surface area (Å²) < 4.78 is 0. The summed E-state index contributed by atoms with van der Waals surface area (Å²) in [6.45, 7) is 13.2. The van der Waals surface area contributed by atoms with Crippen LogP contribution < -0.4 is 10.6 Å². The monoisotopic (exact) mass is 364 g/mol. The molecule has 2 heterocycles. The molecule has 0 aliphatic heterocycles. The molecule has 4 nitrogen and oxygen atoms in total. The Morgan fingerprint density at radius 3 is 2.67 bits per heavy atom. The summed E-state index contributed by atoms with van der Waals surface area (Å²) in [5.74, 6) is 1.32. The minimum Gasteiger partial charge on any atom is -0.357 e. The molecule has 1 unspecified atom stereocenters. The highest BCUT2D eigenvalue weighted by atomic mass is 32.1. The van der Waals surface area contributed by atoms with Gasteiger partial charge >= 0.3 is 0 Å². The number of aliphatic imine (C=N–C) groups is 1. The molecule has 0 aliphatic rings. The van der Waals surface area contributed by atoms with Gasteiger partial charge in [0.2, 0.25) is 0 Å². The molecule has 1 atom stereocenters. The van der Waals surface area contributed by atoms with Gasteiger partial charge in [-0.05, 0) is 35.2 Å². The van der Waals surface area contributed by atoms with Crippen LogP contribution in [0.1, 0.15) is 56.8 Å². The summed E-state index contributed by atoms with van der Waals surface area (Å²) in [6, 6.07) is 2.18. The van der Waals surface area contributed by atoms with Gasteiger partial charge in [-0.1, -0.05) is 27.7 Å². The second-order valence-electron chi connectivity index (χ2n) is 6.93. The second kappa shape index (κ2) is 8.62. The van der Waals surface area contributed by atoms with Gasteiger partial charge in [0.1, 0.15) is 0 Å². The van der Waals surface area contributed by atoms with Crippen LogP contribution in [0.2, 0.25) is 0 Å². The minimum absolute atomic E-state index is 0.103. The van der Waals surface area contributed by atoms with Crippen LogP contribution in [-0.4, -0.2) is 24.0 Å². The van der Waals surface area contributed by atoms with Crippen molar-refractivity contribution in [2.75, 3.05) is 13.1 Å². The number of guanidine groups is 1. The smallest absolute Gasteiger partial charge is 0.191 e. The van der Waals surface area contributed by atoms with E-state index in [0.29, 0.717) is 12.5 Å². The molecule has 0 saturated heterocycles. The zero-order valence-corrected chi connectivity index (χ0v) is 16.9. The van der Waals surface area contributed by atoms with Crippen LogP contribution in [0, 0.1) is 0 Å². The number of rotatable bonds is 6. The van der Waals surface area contributed by atoms with Crippen molar-refractivity contribution >= 4 is 28.6 Å². The molecule has 0 aromatic carbocycles. The first kappa shape index (κ1) is 18.9. The van der Waals surface area contributed by atoms with E-state index < -0.39 is 0 Å². The van der Waals surface area contributed by atoms with Crippen molar-refractivity contribution in [1.82, 2.24) is 15.6 Å². The fourth-order valence-electron chi connectivity index (χ4n) is 2.15. The summed E-state index contributed by atoms with van der Waals surface area (Å²) >= 11 is 3.46. The van der Waals surface area contributed by atoms with E-state index in [-0.39, 0.29) is 5.41 Å². The van der Waals surface area contributed by atoms with Crippen LogP contribution in [0.5, 0.6) is 0 Å². The van der Waals surface area contributed by atoms with Crippen molar-refractivity contribution in [2.45, 2.75) is 52.5 Å². The topological polar surface area (TPSA) is 49.3 Å². The molecular formula is C18H28N4S2. The first-order chi connectivity index (χ1) is 11.4. The predicted octanol–water partition coefficient (Wildman–Crippen LogP) is 4.36. The van der Waals surface area contributed by atoms with Crippen LogP contribution >= 0.6 is 22.7 Å². The Morgan fingerprint density at radius 1 is 1.29 bits per heavy atom. The highest BCUT2D eigenvalue weighted by Crippen LogP contribution is 2.25. The summed E-state index contributed by atoms with van der Waals surface area (Å²) in [6.07, 6.45) is 0. The molecule has 2 N–H and O–H groups in total. The first-order valence-corrected chi connectivity index (χ1v) is 10.2. The number of thiazole rings is 1. The summed E-state index contributed by atoms with van der Waals surface area (Å²) in [7, 11) is 0. The molecule has 2 aromatic heterocycles. The van der Waals surface area contributed by atoms with Crippen molar-refractivity contribution < 1.29 is 0 Å². The average molecular weight is 365 g/mol. The highest BCUT2D eigenvalue weighted by molar-refractivity contribution is 7.09. The van der Waals surface area contributed by atoms with E-state index in [4.69, 9.17) is 4.98 Å². The molecular weight excluding hydrogens is 336 g/mol. The van der Waals surface area contributed by atoms with Crippen LogP contribution in [0.3, 0.4) is 0 Å². The van der Waals surface area contributed by atoms with Crippen molar-refractivity contribution in [1.29, 1.82) is 0 Å². The standard InChI is InChI=1S/C18H28N4S2/c1-6-19-17(20-9-13(2)14-7-8-23-11-14)21-10-15-12-24-16(22-15)18(3,4)5/h7-8,11-13H,6,9-10H2,1-5H3,(H2,19,20,21). The molecule has 0 radical (unpaired) electrons. The van der Waals surface area contributed by atoms with Gasteiger partial charge in [-0.25, -0.2) is 9.98 Å². The van der Waals surface area contributed by atoms with Crippen molar-refractivity contribution in [3.05, 3.63) is 38.5 Å². The van der Waals surface area contributed by atoms with Gasteiger partial charge in [-0.3, -0.25) is 0 Å². The molecule has 0 aliphatic carbocycles. The van der Waals surface area contributed by atoms with Crippen molar-refractivity contribution in [2.24, 2.45) is 4.99 Å². The van der Waals surface area contributed by atoms with E-state index in [9.17, 15) is 0 Å². The maximum absolute atomic E-state index is 4.71. The van der Waals surface area contributed by atoms with Gasteiger partial charge in [0.25, 0.3) is 0 Å². The van der Waals surface area contributed by atoms with Gasteiger partial charge in [0.15, 0.2) is 5.96 Å². The lowest BCUT2D eigenvalue weighted by atomic mass is 9.98. The lowest BCUT2D eigenvalue weighted by molar-refractivity contribution is 0.583. The third kappa shape index (κ3) is 5.60. The number of hydrogen-bond acceptors (Lipinski definition) is 4. The van der Waals surface area contributed by atoms with E-state index in [0.717, 1.165) is 29.8 Å². The molecule has 0 amide bonds. The number of nitrogens with zero attached hydrogens (tertiary/aromatic N) is 2. The van der Waals surface area contributed by atoms with E-state index >= 15 is 0 Å². The maximum atomic E-state index is 4.71. The Labute approximate surface area is 153 Å². The van der Waals surface area contributed by atoms with Crippen molar-refractivity contribution in [3.8, 4) is 0 Å². The predicted molar refractivity (Wildman–Crippen MR) is 106 cm³/mol. The molecule has 0 spiro atoms. The molecule has 132 valence electrons. The third-order valence-electron chi connectivity index (χ3n) is 3.62. The zero-order valence-electron chi connectivity index (χ0n) is 15.2. The molecule has 2 aromatic rings.